The first-order valence-corrected chi connectivity index (χ1v) is 15.8. The van der Waals surface area contributed by atoms with Gasteiger partial charge >= 0.3 is 0 Å². The van der Waals surface area contributed by atoms with Crippen LogP contribution in [0.5, 0.6) is 0 Å². The van der Waals surface area contributed by atoms with Crippen LogP contribution in [0.3, 0.4) is 0 Å². The van der Waals surface area contributed by atoms with Gasteiger partial charge in [-0.05, 0) is 12.1 Å². The van der Waals surface area contributed by atoms with Gasteiger partial charge in [-0.1, -0.05) is 138 Å². The molecular formula is C25H30Si2. The van der Waals surface area contributed by atoms with E-state index < -0.39 is 16.1 Å². The standard InChI is InChI=1S/C25H30Si2/c1-26(2,23-15-7-4-8-16-23)21-13-14-22-27(3,24-17-9-5-10-18-24)25-19-11-6-12-20-25/h4-20H,21-22H2,1-3H3/b14-13+. The van der Waals surface area contributed by atoms with Crippen molar-refractivity contribution >= 4 is 31.7 Å². The number of benzene rings is 3. The molecule has 0 radical (unpaired) electrons. The van der Waals surface area contributed by atoms with Crippen LogP contribution in [-0.2, 0) is 0 Å². The Morgan fingerprint density at radius 3 is 1.33 bits per heavy atom. The van der Waals surface area contributed by atoms with Crippen molar-refractivity contribution in [2.75, 3.05) is 0 Å². The van der Waals surface area contributed by atoms with E-state index in [1.807, 2.05) is 0 Å². The maximum Gasteiger partial charge on any atom is 0.118 e. The fourth-order valence-electron chi connectivity index (χ4n) is 3.72. The molecule has 3 rings (SSSR count). The van der Waals surface area contributed by atoms with Gasteiger partial charge in [-0.25, -0.2) is 0 Å². The highest BCUT2D eigenvalue weighted by Crippen LogP contribution is 2.15. The minimum Gasteiger partial charge on any atom is -0.0911 e. The molecule has 0 unspecified atom stereocenters. The summed E-state index contributed by atoms with van der Waals surface area (Å²) in [5.41, 5.74) is 0. The Balaban J connectivity index is 1.79. The van der Waals surface area contributed by atoms with E-state index >= 15 is 0 Å². The van der Waals surface area contributed by atoms with E-state index in [-0.39, 0.29) is 0 Å². The molecule has 0 N–H and O–H groups in total. The van der Waals surface area contributed by atoms with Gasteiger partial charge in [0.05, 0.1) is 8.07 Å². The van der Waals surface area contributed by atoms with E-state index in [1.54, 1.807) is 5.19 Å². The summed E-state index contributed by atoms with van der Waals surface area (Å²) in [6.45, 7) is 7.44. The van der Waals surface area contributed by atoms with Gasteiger partial charge in [0, 0.05) is 0 Å². The molecule has 0 heterocycles. The summed E-state index contributed by atoms with van der Waals surface area (Å²) < 4.78 is 0. The van der Waals surface area contributed by atoms with Crippen LogP contribution in [-0.4, -0.2) is 16.1 Å². The number of allylic oxidation sites excluding steroid dienone is 2. The molecular weight excluding hydrogens is 356 g/mol. The van der Waals surface area contributed by atoms with E-state index in [9.17, 15) is 0 Å². The average molecular weight is 387 g/mol. The zero-order chi connectivity index (χ0) is 19.2. The van der Waals surface area contributed by atoms with E-state index in [0.29, 0.717) is 0 Å². The second kappa shape index (κ2) is 8.68. The number of rotatable bonds is 7. The summed E-state index contributed by atoms with van der Waals surface area (Å²) in [6.07, 6.45) is 4.92. The maximum absolute atomic E-state index is 2.50. The molecule has 0 bridgehead atoms. The lowest BCUT2D eigenvalue weighted by molar-refractivity contribution is 1.47. The minimum atomic E-state index is -1.75. The SMILES string of the molecule is C[Si](C)(C/C=C/C[Si](C)(c1ccccc1)c1ccccc1)c1ccccc1. The lowest BCUT2D eigenvalue weighted by atomic mass is 10.4. The molecule has 2 heteroatoms. The van der Waals surface area contributed by atoms with Crippen molar-refractivity contribution in [3.63, 3.8) is 0 Å². The molecule has 0 aliphatic carbocycles. The first-order chi connectivity index (χ1) is 13.0. The Morgan fingerprint density at radius 2 is 0.889 bits per heavy atom. The van der Waals surface area contributed by atoms with Gasteiger partial charge in [-0.3, -0.25) is 0 Å². The predicted octanol–water partition coefficient (Wildman–Crippen LogP) is 5.05. The molecule has 0 saturated carbocycles. The lowest BCUT2D eigenvalue weighted by Crippen LogP contribution is -2.55. The third-order valence-electron chi connectivity index (χ3n) is 5.70. The fourth-order valence-corrected chi connectivity index (χ4v) is 9.10. The summed E-state index contributed by atoms with van der Waals surface area (Å²) in [5, 5.41) is 4.57. The molecule has 3 aromatic carbocycles. The second-order valence-electron chi connectivity index (χ2n) is 8.19. The molecule has 0 fully saturated rings. The van der Waals surface area contributed by atoms with Crippen molar-refractivity contribution in [3.05, 3.63) is 103 Å². The first-order valence-electron chi connectivity index (χ1n) is 9.84. The zero-order valence-electron chi connectivity index (χ0n) is 16.7. The molecule has 27 heavy (non-hydrogen) atoms. The third-order valence-corrected chi connectivity index (χ3v) is 13.1. The van der Waals surface area contributed by atoms with Gasteiger partial charge in [-0.15, -0.1) is 0 Å². The van der Waals surface area contributed by atoms with Gasteiger partial charge in [0.15, 0.2) is 0 Å². The van der Waals surface area contributed by atoms with Crippen LogP contribution in [0, 0.1) is 0 Å². The quantitative estimate of drug-likeness (QED) is 0.394. The molecule has 0 nitrogen and oxygen atoms in total. The zero-order valence-corrected chi connectivity index (χ0v) is 18.7. The minimum absolute atomic E-state index is 1.15. The van der Waals surface area contributed by atoms with Crippen LogP contribution in [0.2, 0.25) is 31.7 Å². The van der Waals surface area contributed by atoms with Gasteiger partial charge in [0.25, 0.3) is 0 Å². The summed E-state index contributed by atoms with van der Waals surface area (Å²) in [6, 6.07) is 35.6. The Morgan fingerprint density at radius 1 is 0.519 bits per heavy atom. The van der Waals surface area contributed by atoms with Crippen LogP contribution in [0.25, 0.3) is 0 Å². The fraction of sp³-hybridized carbons (Fsp3) is 0.200. The average Bonchev–Trinajstić information content (AvgIpc) is 2.73. The Labute approximate surface area is 166 Å². The highest BCUT2D eigenvalue weighted by atomic mass is 28.3. The highest BCUT2D eigenvalue weighted by molar-refractivity contribution is 7.01. The molecule has 0 amide bonds. The third kappa shape index (κ3) is 4.76. The first kappa shape index (κ1) is 19.6. The lowest BCUT2D eigenvalue weighted by Gasteiger charge is -2.28. The number of hydrogen-bond donors (Lipinski definition) is 0. The van der Waals surface area contributed by atoms with E-state index in [2.05, 4.69) is 123 Å². The molecule has 0 aliphatic rings. The van der Waals surface area contributed by atoms with Crippen LogP contribution in [0.15, 0.2) is 103 Å². The molecule has 0 aromatic heterocycles. The molecule has 3 aromatic rings. The number of hydrogen-bond acceptors (Lipinski definition) is 0. The molecule has 0 aliphatic heterocycles. The monoisotopic (exact) mass is 386 g/mol. The van der Waals surface area contributed by atoms with Crippen molar-refractivity contribution in [3.8, 4) is 0 Å². The summed E-state index contributed by atoms with van der Waals surface area (Å²) >= 11 is 0. The van der Waals surface area contributed by atoms with E-state index in [1.165, 1.54) is 16.4 Å². The topological polar surface area (TPSA) is 0 Å². The Hall–Kier alpha value is -2.17. The normalized spacial score (nSPS) is 12.4. The second-order valence-corrected chi connectivity index (χ2v) is 17.2. The van der Waals surface area contributed by atoms with Crippen molar-refractivity contribution in [2.45, 2.75) is 31.7 Å². The van der Waals surface area contributed by atoms with E-state index in [4.69, 9.17) is 0 Å². The molecule has 0 atom stereocenters. The highest BCUT2D eigenvalue weighted by Gasteiger charge is 2.30. The smallest absolute Gasteiger partial charge is 0.0911 e. The van der Waals surface area contributed by atoms with Gasteiger partial charge in [0.2, 0.25) is 0 Å². The molecule has 0 saturated heterocycles. The largest absolute Gasteiger partial charge is 0.118 e. The predicted molar refractivity (Wildman–Crippen MR) is 126 cm³/mol. The van der Waals surface area contributed by atoms with Crippen molar-refractivity contribution < 1.29 is 0 Å². The van der Waals surface area contributed by atoms with Crippen LogP contribution >= 0.6 is 0 Å². The maximum atomic E-state index is 2.50. The van der Waals surface area contributed by atoms with Crippen LogP contribution < -0.4 is 15.6 Å². The molecule has 138 valence electrons. The Kier molecular flexibility index (Phi) is 6.30. The van der Waals surface area contributed by atoms with Crippen LogP contribution in [0.1, 0.15) is 0 Å². The summed E-state index contributed by atoms with van der Waals surface area (Å²) in [5.74, 6) is 0. The van der Waals surface area contributed by atoms with Gasteiger partial charge in [0.1, 0.15) is 8.07 Å². The van der Waals surface area contributed by atoms with Gasteiger partial charge in [-0.2, -0.15) is 0 Å². The van der Waals surface area contributed by atoms with Gasteiger partial charge < -0.3 is 0 Å². The van der Waals surface area contributed by atoms with Crippen LogP contribution in [0.4, 0.5) is 0 Å². The van der Waals surface area contributed by atoms with Crippen molar-refractivity contribution in [2.24, 2.45) is 0 Å². The molecule has 0 spiro atoms. The summed E-state index contributed by atoms with van der Waals surface area (Å²) in [4.78, 5) is 0. The Bertz CT molecular complexity index is 813. The van der Waals surface area contributed by atoms with Crippen molar-refractivity contribution in [1.82, 2.24) is 0 Å². The van der Waals surface area contributed by atoms with E-state index in [0.717, 1.165) is 6.04 Å². The van der Waals surface area contributed by atoms with Crippen molar-refractivity contribution in [1.29, 1.82) is 0 Å². The summed E-state index contributed by atoms with van der Waals surface area (Å²) in [7, 11) is -3.15.